The lowest BCUT2D eigenvalue weighted by Gasteiger charge is -2.36. The molecule has 1 aromatic rings. The predicted molar refractivity (Wildman–Crippen MR) is 76.5 cm³/mol. The van der Waals surface area contributed by atoms with Gasteiger partial charge in [-0.25, -0.2) is 0 Å². The Bertz CT molecular complexity index is 373. The van der Waals surface area contributed by atoms with Crippen LogP contribution in [0, 0.1) is 5.41 Å². The summed E-state index contributed by atoms with van der Waals surface area (Å²) < 4.78 is 5.21. The molecule has 0 atom stereocenters. The zero-order valence-electron chi connectivity index (χ0n) is 11.7. The van der Waals surface area contributed by atoms with Crippen molar-refractivity contribution in [2.75, 3.05) is 38.2 Å². The summed E-state index contributed by atoms with van der Waals surface area (Å²) in [6, 6.07) is 8.40. The van der Waals surface area contributed by atoms with Crippen LogP contribution in [0.25, 0.3) is 0 Å². The van der Waals surface area contributed by atoms with E-state index in [0.717, 1.165) is 31.9 Å². The average molecular weight is 248 g/mol. The molecule has 0 saturated carbocycles. The highest BCUT2D eigenvalue weighted by Gasteiger charge is 2.23. The van der Waals surface area contributed by atoms with E-state index >= 15 is 0 Å². The summed E-state index contributed by atoms with van der Waals surface area (Å²) in [5, 5.41) is 3.52. The fourth-order valence-electron chi connectivity index (χ4n) is 2.49. The number of nitrogens with zero attached hydrogens (tertiary/aromatic N) is 1. The molecule has 1 saturated heterocycles. The third-order valence-corrected chi connectivity index (χ3v) is 3.44. The van der Waals surface area contributed by atoms with Crippen LogP contribution in [-0.2, 0) is 0 Å². The summed E-state index contributed by atoms with van der Waals surface area (Å²) in [7, 11) is 1.71. The standard InChI is InChI=1S/C15H24N2O/c1-15(2)11-16-9-4-10-17(12-15)13-5-7-14(18-3)8-6-13/h5-8,16H,4,9-12H2,1-3H3. The molecule has 0 aliphatic carbocycles. The van der Waals surface area contributed by atoms with Crippen molar-refractivity contribution < 1.29 is 4.74 Å². The minimum atomic E-state index is 0.306. The maximum absolute atomic E-state index is 5.21. The Morgan fingerprint density at radius 1 is 1.22 bits per heavy atom. The van der Waals surface area contributed by atoms with Crippen molar-refractivity contribution in [1.82, 2.24) is 5.32 Å². The smallest absolute Gasteiger partial charge is 0.119 e. The Morgan fingerprint density at radius 2 is 1.94 bits per heavy atom. The van der Waals surface area contributed by atoms with E-state index < -0.39 is 0 Å². The summed E-state index contributed by atoms with van der Waals surface area (Å²) in [6.45, 7) is 9.04. The van der Waals surface area contributed by atoms with Gasteiger partial charge in [-0.1, -0.05) is 13.8 Å². The van der Waals surface area contributed by atoms with Crippen LogP contribution in [-0.4, -0.2) is 33.3 Å². The van der Waals surface area contributed by atoms with Gasteiger partial charge in [0.05, 0.1) is 7.11 Å². The summed E-state index contributed by atoms with van der Waals surface area (Å²) in [5.74, 6) is 0.923. The first-order valence-electron chi connectivity index (χ1n) is 6.70. The van der Waals surface area contributed by atoms with Crippen LogP contribution in [0.2, 0.25) is 0 Å². The van der Waals surface area contributed by atoms with E-state index in [4.69, 9.17) is 4.74 Å². The largest absolute Gasteiger partial charge is 0.497 e. The van der Waals surface area contributed by atoms with Crippen molar-refractivity contribution in [3.8, 4) is 5.75 Å². The zero-order chi connectivity index (χ0) is 13.0. The molecular weight excluding hydrogens is 224 g/mol. The minimum absolute atomic E-state index is 0.306. The van der Waals surface area contributed by atoms with Crippen molar-refractivity contribution >= 4 is 5.69 Å². The number of nitrogens with one attached hydrogen (secondary N) is 1. The minimum Gasteiger partial charge on any atom is -0.497 e. The topological polar surface area (TPSA) is 24.5 Å². The fraction of sp³-hybridized carbons (Fsp3) is 0.600. The second-order valence-electron chi connectivity index (χ2n) is 5.81. The fourth-order valence-corrected chi connectivity index (χ4v) is 2.49. The van der Waals surface area contributed by atoms with Gasteiger partial charge >= 0.3 is 0 Å². The lowest BCUT2D eigenvalue weighted by molar-refractivity contribution is 0.325. The number of hydrogen-bond donors (Lipinski definition) is 1. The van der Waals surface area contributed by atoms with Crippen molar-refractivity contribution in [3.63, 3.8) is 0 Å². The summed E-state index contributed by atoms with van der Waals surface area (Å²) in [6.07, 6.45) is 1.20. The monoisotopic (exact) mass is 248 g/mol. The van der Waals surface area contributed by atoms with E-state index in [2.05, 4.69) is 36.2 Å². The van der Waals surface area contributed by atoms with Gasteiger partial charge in [0, 0.05) is 25.3 Å². The Kier molecular flexibility index (Phi) is 4.12. The molecule has 3 heteroatoms. The van der Waals surface area contributed by atoms with Crippen molar-refractivity contribution in [3.05, 3.63) is 24.3 Å². The molecular formula is C15H24N2O. The number of hydrogen-bond acceptors (Lipinski definition) is 3. The maximum Gasteiger partial charge on any atom is 0.119 e. The molecule has 18 heavy (non-hydrogen) atoms. The highest BCUT2D eigenvalue weighted by Crippen LogP contribution is 2.25. The molecule has 1 aliphatic heterocycles. The van der Waals surface area contributed by atoms with E-state index in [-0.39, 0.29) is 0 Å². The third-order valence-electron chi connectivity index (χ3n) is 3.44. The molecule has 100 valence electrons. The molecule has 0 radical (unpaired) electrons. The van der Waals surface area contributed by atoms with Crippen LogP contribution in [0.15, 0.2) is 24.3 Å². The van der Waals surface area contributed by atoms with E-state index in [1.54, 1.807) is 7.11 Å². The van der Waals surface area contributed by atoms with Gasteiger partial charge < -0.3 is 15.0 Å². The first-order valence-corrected chi connectivity index (χ1v) is 6.70. The molecule has 0 amide bonds. The van der Waals surface area contributed by atoms with E-state index in [1.807, 2.05) is 12.1 Å². The Balaban J connectivity index is 2.12. The first-order chi connectivity index (χ1) is 8.61. The quantitative estimate of drug-likeness (QED) is 0.870. The van der Waals surface area contributed by atoms with Crippen molar-refractivity contribution in [2.45, 2.75) is 20.3 Å². The maximum atomic E-state index is 5.21. The molecule has 1 heterocycles. The predicted octanol–water partition coefficient (Wildman–Crippen LogP) is 2.52. The van der Waals surface area contributed by atoms with E-state index in [0.29, 0.717) is 5.41 Å². The molecule has 1 aromatic carbocycles. The number of benzene rings is 1. The van der Waals surface area contributed by atoms with Gasteiger partial charge in [0.15, 0.2) is 0 Å². The average Bonchev–Trinajstić information content (AvgIpc) is 2.34. The molecule has 0 bridgehead atoms. The number of methoxy groups -OCH3 is 1. The second-order valence-corrected chi connectivity index (χ2v) is 5.81. The molecule has 0 aromatic heterocycles. The van der Waals surface area contributed by atoms with Gasteiger partial charge in [-0.2, -0.15) is 0 Å². The van der Waals surface area contributed by atoms with Crippen molar-refractivity contribution in [1.29, 1.82) is 0 Å². The normalized spacial score (nSPS) is 20.1. The van der Waals surface area contributed by atoms with Gasteiger partial charge in [-0.15, -0.1) is 0 Å². The molecule has 3 nitrogen and oxygen atoms in total. The first kappa shape index (κ1) is 13.2. The highest BCUT2D eigenvalue weighted by atomic mass is 16.5. The summed E-state index contributed by atoms with van der Waals surface area (Å²) in [4.78, 5) is 2.49. The van der Waals surface area contributed by atoms with Crippen LogP contribution in [0.4, 0.5) is 5.69 Å². The second kappa shape index (κ2) is 5.61. The van der Waals surface area contributed by atoms with Crippen LogP contribution in [0.1, 0.15) is 20.3 Å². The van der Waals surface area contributed by atoms with Crippen molar-refractivity contribution in [2.24, 2.45) is 5.41 Å². The van der Waals surface area contributed by atoms with Crippen LogP contribution < -0.4 is 15.0 Å². The van der Waals surface area contributed by atoms with Gasteiger partial charge in [0.25, 0.3) is 0 Å². The number of rotatable bonds is 2. The molecule has 1 aliphatic rings. The van der Waals surface area contributed by atoms with Gasteiger partial charge in [0.2, 0.25) is 0 Å². The lowest BCUT2D eigenvalue weighted by Crippen LogP contribution is -2.44. The molecule has 0 spiro atoms. The van der Waals surface area contributed by atoms with Gasteiger partial charge in [0.1, 0.15) is 5.75 Å². The highest BCUT2D eigenvalue weighted by molar-refractivity contribution is 5.49. The van der Waals surface area contributed by atoms with Gasteiger partial charge in [-0.05, 0) is 42.6 Å². The SMILES string of the molecule is COc1ccc(N2CCCNCC(C)(C)C2)cc1. The summed E-state index contributed by atoms with van der Waals surface area (Å²) >= 11 is 0. The van der Waals surface area contributed by atoms with Crippen LogP contribution in [0.5, 0.6) is 5.75 Å². The lowest BCUT2D eigenvalue weighted by atomic mass is 9.91. The molecule has 1 N–H and O–H groups in total. The van der Waals surface area contributed by atoms with Gasteiger partial charge in [-0.3, -0.25) is 0 Å². The number of anilines is 1. The molecule has 2 rings (SSSR count). The zero-order valence-corrected chi connectivity index (χ0v) is 11.7. The third kappa shape index (κ3) is 3.39. The Morgan fingerprint density at radius 3 is 2.61 bits per heavy atom. The Labute approximate surface area is 110 Å². The number of ether oxygens (including phenoxy) is 1. The van der Waals surface area contributed by atoms with E-state index in [1.165, 1.54) is 12.1 Å². The molecule has 1 fully saturated rings. The van der Waals surface area contributed by atoms with Crippen LogP contribution >= 0.6 is 0 Å². The molecule has 0 unspecified atom stereocenters. The Hall–Kier alpha value is -1.22. The summed E-state index contributed by atoms with van der Waals surface area (Å²) in [5.41, 5.74) is 1.60. The van der Waals surface area contributed by atoms with Crippen LogP contribution in [0.3, 0.4) is 0 Å². The van der Waals surface area contributed by atoms with E-state index in [9.17, 15) is 0 Å².